The average Bonchev–Trinajstić information content (AvgIpc) is 2.68. The van der Waals surface area contributed by atoms with Gasteiger partial charge in [-0.25, -0.2) is 0 Å². The number of hydrogen-bond acceptors (Lipinski definition) is 4. The summed E-state index contributed by atoms with van der Waals surface area (Å²) < 4.78 is 1.91. The summed E-state index contributed by atoms with van der Waals surface area (Å²) in [6.07, 6.45) is 1.71. The van der Waals surface area contributed by atoms with Crippen molar-refractivity contribution in [2.75, 3.05) is 7.05 Å². The summed E-state index contributed by atoms with van der Waals surface area (Å²) in [5.41, 5.74) is 1.28. The Labute approximate surface area is 99.1 Å². The second kappa shape index (κ2) is 5.14. The van der Waals surface area contributed by atoms with Gasteiger partial charge in [0.1, 0.15) is 6.33 Å². The Bertz CT molecular complexity index is 449. The van der Waals surface area contributed by atoms with Crippen molar-refractivity contribution >= 4 is 11.8 Å². The Morgan fingerprint density at radius 1 is 1.31 bits per heavy atom. The van der Waals surface area contributed by atoms with Crippen LogP contribution in [0.4, 0.5) is 0 Å². The van der Waals surface area contributed by atoms with Gasteiger partial charge in [-0.3, -0.25) is 0 Å². The molecule has 0 aliphatic carbocycles. The molecule has 0 aliphatic rings. The molecule has 0 fully saturated rings. The number of nitrogens with zero attached hydrogens (tertiary/aromatic N) is 3. The molecule has 1 aromatic carbocycles. The fourth-order valence-corrected chi connectivity index (χ4v) is 2.11. The van der Waals surface area contributed by atoms with Gasteiger partial charge in [-0.1, -0.05) is 12.1 Å². The summed E-state index contributed by atoms with van der Waals surface area (Å²) in [6.45, 7) is 0.898. The van der Waals surface area contributed by atoms with E-state index in [9.17, 15) is 0 Å². The largest absolute Gasteiger partial charge is 0.316 e. The first-order valence-corrected chi connectivity index (χ1v) is 5.86. The highest BCUT2D eigenvalue weighted by Gasteiger charge is 2.03. The zero-order valence-electron chi connectivity index (χ0n) is 9.34. The zero-order chi connectivity index (χ0) is 11.4. The lowest BCUT2D eigenvalue weighted by atomic mass is 10.2. The minimum atomic E-state index is 0.898. The maximum atomic E-state index is 4.03. The van der Waals surface area contributed by atoms with Crippen molar-refractivity contribution in [1.29, 1.82) is 0 Å². The third-order valence-corrected chi connectivity index (χ3v) is 3.24. The lowest BCUT2D eigenvalue weighted by molar-refractivity contribution is 0.788. The molecule has 4 nitrogen and oxygen atoms in total. The van der Waals surface area contributed by atoms with E-state index in [4.69, 9.17) is 0 Å². The SMILES string of the molecule is CNCc1ccc(Sc2nncn2C)cc1. The van der Waals surface area contributed by atoms with E-state index in [0.29, 0.717) is 0 Å². The van der Waals surface area contributed by atoms with Crippen LogP contribution >= 0.6 is 11.8 Å². The first-order valence-electron chi connectivity index (χ1n) is 5.05. The highest BCUT2D eigenvalue weighted by Crippen LogP contribution is 2.25. The van der Waals surface area contributed by atoms with E-state index < -0.39 is 0 Å². The summed E-state index contributed by atoms with van der Waals surface area (Å²) >= 11 is 1.62. The van der Waals surface area contributed by atoms with Gasteiger partial charge in [0.05, 0.1) is 0 Å². The summed E-state index contributed by atoms with van der Waals surface area (Å²) in [6, 6.07) is 8.45. The smallest absolute Gasteiger partial charge is 0.195 e. The summed E-state index contributed by atoms with van der Waals surface area (Å²) in [7, 11) is 3.89. The molecule has 0 unspecified atom stereocenters. The van der Waals surface area contributed by atoms with Gasteiger partial charge in [0.25, 0.3) is 0 Å². The number of aryl methyl sites for hydroxylation is 1. The summed E-state index contributed by atoms with van der Waals surface area (Å²) in [4.78, 5) is 1.18. The highest BCUT2D eigenvalue weighted by atomic mass is 32.2. The minimum absolute atomic E-state index is 0.898. The second-order valence-corrected chi connectivity index (χ2v) is 4.54. The van der Waals surface area contributed by atoms with E-state index in [0.717, 1.165) is 11.7 Å². The number of rotatable bonds is 4. The molecular formula is C11H14N4S. The van der Waals surface area contributed by atoms with Crippen molar-refractivity contribution < 1.29 is 0 Å². The zero-order valence-corrected chi connectivity index (χ0v) is 10.2. The van der Waals surface area contributed by atoms with E-state index >= 15 is 0 Å². The van der Waals surface area contributed by atoms with Crippen LogP contribution in [0, 0.1) is 0 Å². The molecule has 2 rings (SSSR count). The summed E-state index contributed by atoms with van der Waals surface area (Å²) in [5, 5.41) is 11.9. The van der Waals surface area contributed by atoms with Crippen LogP contribution in [-0.4, -0.2) is 21.8 Å². The predicted octanol–water partition coefficient (Wildman–Crippen LogP) is 1.69. The Morgan fingerprint density at radius 3 is 2.62 bits per heavy atom. The highest BCUT2D eigenvalue weighted by molar-refractivity contribution is 7.99. The third-order valence-electron chi connectivity index (χ3n) is 2.18. The Kier molecular flexibility index (Phi) is 3.58. The van der Waals surface area contributed by atoms with E-state index in [1.165, 1.54) is 10.5 Å². The maximum Gasteiger partial charge on any atom is 0.195 e. The van der Waals surface area contributed by atoms with Crippen LogP contribution in [0.15, 0.2) is 40.6 Å². The quantitative estimate of drug-likeness (QED) is 0.874. The van der Waals surface area contributed by atoms with Gasteiger partial charge in [0.2, 0.25) is 0 Å². The molecule has 16 heavy (non-hydrogen) atoms. The van der Waals surface area contributed by atoms with Gasteiger partial charge in [0.15, 0.2) is 5.16 Å². The molecule has 0 radical (unpaired) electrons. The molecular weight excluding hydrogens is 220 g/mol. The average molecular weight is 234 g/mol. The molecule has 0 saturated carbocycles. The molecule has 1 heterocycles. The standard InChI is InChI=1S/C11H14N4S/c1-12-7-9-3-5-10(6-4-9)16-11-14-13-8-15(11)2/h3-6,8,12H,7H2,1-2H3. The molecule has 0 bridgehead atoms. The van der Waals surface area contributed by atoms with Crippen molar-refractivity contribution in [2.45, 2.75) is 16.6 Å². The lowest BCUT2D eigenvalue weighted by Crippen LogP contribution is -2.04. The van der Waals surface area contributed by atoms with Crippen LogP contribution in [0.5, 0.6) is 0 Å². The van der Waals surface area contributed by atoms with Crippen molar-refractivity contribution in [3.8, 4) is 0 Å². The normalized spacial score (nSPS) is 10.6. The predicted molar refractivity (Wildman–Crippen MR) is 64.3 cm³/mol. The van der Waals surface area contributed by atoms with Crippen molar-refractivity contribution in [3.05, 3.63) is 36.2 Å². The molecule has 0 saturated heterocycles. The lowest BCUT2D eigenvalue weighted by Gasteiger charge is -2.03. The third kappa shape index (κ3) is 2.62. The van der Waals surface area contributed by atoms with Crippen LogP contribution in [-0.2, 0) is 13.6 Å². The van der Waals surface area contributed by atoms with Crippen LogP contribution in [0.2, 0.25) is 0 Å². The molecule has 2 aromatic rings. The monoisotopic (exact) mass is 234 g/mol. The number of aromatic nitrogens is 3. The molecule has 0 aliphatic heterocycles. The van der Waals surface area contributed by atoms with Gasteiger partial charge in [0, 0.05) is 18.5 Å². The number of nitrogens with one attached hydrogen (secondary N) is 1. The topological polar surface area (TPSA) is 42.7 Å². The van der Waals surface area contributed by atoms with Crippen LogP contribution in [0.25, 0.3) is 0 Å². The summed E-state index contributed by atoms with van der Waals surface area (Å²) in [5.74, 6) is 0. The van der Waals surface area contributed by atoms with E-state index in [2.05, 4.69) is 39.8 Å². The van der Waals surface area contributed by atoms with Crippen LogP contribution in [0.1, 0.15) is 5.56 Å². The van der Waals surface area contributed by atoms with E-state index in [1.807, 2.05) is 18.7 Å². The van der Waals surface area contributed by atoms with Gasteiger partial charge >= 0.3 is 0 Å². The second-order valence-electron chi connectivity index (χ2n) is 3.50. The Balaban J connectivity index is 2.08. The number of benzene rings is 1. The Morgan fingerprint density at radius 2 is 2.06 bits per heavy atom. The maximum absolute atomic E-state index is 4.03. The fraction of sp³-hybridized carbons (Fsp3) is 0.273. The minimum Gasteiger partial charge on any atom is -0.316 e. The van der Waals surface area contributed by atoms with E-state index in [-0.39, 0.29) is 0 Å². The molecule has 84 valence electrons. The van der Waals surface area contributed by atoms with Gasteiger partial charge in [-0.15, -0.1) is 10.2 Å². The molecule has 0 amide bonds. The first-order chi connectivity index (χ1) is 7.79. The van der Waals surface area contributed by atoms with Crippen molar-refractivity contribution in [2.24, 2.45) is 7.05 Å². The molecule has 0 spiro atoms. The van der Waals surface area contributed by atoms with Crippen LogP contribution < -0.4 is 5.32 Å². The Hall–Kier alpha value is -1.33. The molecule has 0 atom stereocenters. The van der Waals surface area contributed by atoms with Gasteiger partial charge < -0.3 is 9.88 Å². The van der Waals surface area contributed by atoms with Crippen LogP contribution in [0.3, 0.4) is 0 Å². The van der Waals surface area contributed by atoms with E-state index in [1.54, 1.807) is 18.1 Å². The van der Waals surface area contributed by atoms with Gasteiger partial charge in [-0.2, -0.15) is 0 Å². The number of hydrogen-bond donors (Lipinski definition) is 1. The van der Waals surface area contributed by atoms with Crippen molar-refractivity contribution in [3.63, 3.8) is 0 Å². The molecule has 5 heteroatoms. The van der Waals surface area contributed by atoms with Crippen molar-refractivity contribution in [1.82, 2.24) is 20.1 Å². The molecule has 1 aromatic heterocycles. The molecule has 1 N–H and O–H groups in total. The van der Waals surface area contributed by atoms with Gasteiger partial charge in [-0.05, 0) is 36.5 Å². The fourth-order valence-electron chi connectivity index (χ4n) is 1.35. The first kappa shape index (κ1) is 11.2.